The third kappa shape index (κ3) is 2.71. The highest BCUT2D eigenvalue weighted by molar-refractivity contribution is 6.29. The predicted molar refractivity (Wildman–Crippen MR) is 65.4 cm³/mol. The standard InChI is InChI=1S/C12H18ClN3/c1-8-5-16(6-9(8)2)7-12-14-10(3)4-11(13)15-12/h4,8-9H,5-7H2,1-3H3. The molecule has 2 atom stereocenters. The number of aryl methyl sites for hydroxylation is 1. The number of halogens is 1. The van der Waals surface area contributed by atoms with Gasteiger partial charge in [0.2, 0.25) is 0 Å². The summed E-state index contributed by atoms with van der Waals surface area (Å²) in [5.41, 5.74) is 0.940. The summed E-state index contributed by atoms with van der Waals surface area (Å²) < 4.78 is 0. The smallest absolute Gasteiger partial charge is 0.144 e. The number of likely N-dealkylation sites (tertiary alicyclic amines) is 1. The number of rotatable bonds is 2. The number of nitrogens with zero attached hydrogens (tertiary/aromatic N) is 3. The largest absolute Gasteiger partial charge is 0.295 e. The zero-order valence-corrected chi connectivity index (χ0v) is 10.8. The van der Waals surface area contributed by atoms with Gasteiger partial charge in [-0.05, 0) is 24.8 Å². The van der Waals surface area contributed by atoms with Crippen molar-refractivity contribution in [3.8, 4) is 0 Å². The molecule has 0 aromatic carbocycles. The molecule has 0 spiro atoms. The summed E-state index contributed by atoms with van der Waals surface area (Å²) in [5, 5.41) is 0.544. The maximum Gasteiger partial charge on any atom is 0.144 e. The molecule has 0 radical (unpaired) electrons. The zero-order valence-electron chi connectivity index (χ0n) is 10.1. The van der Waals surface area contributed by atoms with Crippen molar-refractivity contribution in [2.45, 2.75) is 27.3 Å². The molecule has 0 N–H and O–H groups in total. The second kappa shape index (κ2) is 4.68. The van der Waals surface area contributed by atoms with Crippen LogP contribution in [-0.2, 0) is 6.54 Å². The highest BCUT2D eigenvalue weighted by atomic mass is 35.5. The van der Waals surface area contributed by atoms with Gasteiger partial charge >= 0.3 is 0 Å². The van der Waals surface area contributed by atoms with E-state index in [1.165, 1.54) is 0 Å². The molecule has 0 amide bonds. The van der Waals surface area contributed by atoms with Crippen molar-refractivity contribution in [1.29, 1.82) is 0 Å². The molecular formula is C12H18ClN3. The number of aromatic nitrogens is 2. The first kappa shape index (κ1) is 11.8. The minimum Gasteiger partial charge on any atom is -0.295 e. The molecule has 4 heteroatoms. The van der Waals surface area contributed by atoms with Crippen molar-refractivity contribution in [2.75, 3.05) is 13.1 Å². The third-order valence-electron chi connectivity index (χ3n) is 3.30. The van der Waals surface area contributed by atoms with E-state index in [2.05, 4.69) is 28.7 Å². The third-order valence-corrected chi connectivity index (χ3v) is 3.49. The van der Waals surface area contributed by atoms with Crippen LogP contribution in [0.3, 0.4) is 0 Å². The summed E-state index contributed by atoms with van der Waals surface area (Å²) in [6.07, 6.45) is 0. The van der Waals surface area contributed by atoms with Gasteiger partial charge in [0.15, 0.2) is 0 Å². The van der Waals surface area contributed by atoms with Gasteiger partial charge in [-0.1, -0.05) is 25.4 Å². The van der Waals surface area contributed by atoms with Gasteiger partial charge in [-0.15, -0.1) is 0 Å². The molecule has 2 rings (SSSR count). The summed E-state index contributed by atoms with van der Waals surface area (Å²) in [6, 6.07) is 1.79. The van der Waals surface area contributed by atoms with Gasteiger partial charge in [0.25, 0.3) is 0 Å². The van der Waals surface area contributed by atoms with Crippen molar-refractivity contribution in [1.82, 2.24) is 14.9 Å². The maximum atomic E-state index is 5.92. The average molecular weight is 240 g/mol. The minimum absolute atomic E-state index is 0.544. The van der Waals surface area contributed by atoms with Gasteiger partial charge in [0, 0.05) is 18.8 Å². The highest BCUT2D eigenvalue weighted by Gasteiger charge is 2.26. The van der Waals surface area contributed by atoms with Crippen LogP contribution in [0.5, 0.6) is 0 Å². The SMILES string of the molecule is Cc1cc(Cl)nc(CN2CC(C)C(C)C2)n1. The molecular weight excluding hydrogens is 222 g/mol. The molecule has 0 bridgehead atoms. The molecule has 1 aliphatic rings. The Labute approximate surface area is 102 Å². The van der Waals surface area contributed by atoms with Gasteiger partial charge in [-0.25, -0.2) is 9.97 Å². The van der Waals surface area contributed by atoms with E-state index in [9.17, 15) is 0 Å². The molecule has 16 heavy (non-hydrogen) atoms. The van der Waals surface area contributed by atoms with E-state index < -0.39 is 0 Å². The van der Waals surface area contributed by atoms with Gasteiger partial charge < -0.3 is 0 Å². The van der Waals surface area contributed by atoms with Crippen LogP contribution >= 0.6 is 11.6 Å². The first-order valence-corrected chi connectivity index (χ1v) is 6.15. The van der Waals surface area contributed by atoms with Gasteiger partial charge in [-0.2, -0.15) is 0 Å². The first-order valence-electron chi connectivity index (χ1n) is 5.77. The van der Waals surface area contributed by atoms with E-state index in [0.717, 1.165) is 43.0 Å². The fourth-order valence-corrected chi connectivity index (χ4v) is 2.49. The molecule has 1 aromatic rings. The Hall–Kier alpha value is -0.670. The molecule has 2 heterocycles. The lowest BCUT2D eigenvalue weighted by Gasteiger charge is -2.14. The molecule has 2 unspecified atom stereocenters. The van der Waals surface area contributed by atoms with E-state index in [-0.39, 0.29) is 0 Å². The summed E-state index contributed by atoms with van der Waals surface area (Å²) in [6.45, 7) is 9.64. The monoisotopic (exact) mass is 239 g/mol. The lowest BCUT2D eigenvalue weighted by Crippen LogP contribution is -2.21. The van der Waals surface area contributed by atoms with Crippen LogP contribution in [0.25, 0.3) is 0 Å². The number of hydrogen-bond acceptors (Lipinski definition) is 3. The Bertz CT molecular complexity index is 350. The van der Waals surface area contributed by atoms with Crippen LogP contribution in [-0.4, -0.2) is 28.0 Å². The molecule has 3 nitrogen and oxygen atoms in total. The Morgan fingerprint density at radius 3 is 2.50 bits per heavy atom. The van der Waals surface area contributed by atoms with Gasteiger partial charge in [0.05, 0.1) is 6.54 Å². The summed E-state index contributed by atoms with van der Waals surface area (Å²) in [5.74, 6) is 2.37. The fraction of sp³-hybridized carbons (Fsp3) is 0.667. The number of hydrogen-bond donors (Lipinski definition) is 0. The van der Waals surface area contributed by atoms with Crippen molar-refractivity contribution < 1.29 is 0 Å². The molecule has 1 fully saturated rings. The summed E-state index contributed by atoms with van der Waals surface area (Å²) >= 11 is 5.92. The van der Waals surface area contributed by atoms with Crippen molar-refractivity contribution in [2.24, 2.45) is 11.8 Å². The average Bonchev–Trinajstić information content (AvgIpc) is 2.43. The lowest BCUT2D eigenvalue weighted by molar-refractivity contribution is 0.307. The van der Waals surface area contributed by atoms with Crippen LogP contribution in [0.4, 0.5) is 0 Å². The van der Waals surface area contributed by atoms with E-state index in [1.807, 2.05) is 6.92 Å². The molecule has 1 aliphatic heterocycles. The van der Waals surface area contributed by atoms with Crippen molar-refractivity contribution in [3.05, 3.63) is 22.7 Å². The Balaban J connectivity index is 2.04. The van der Waals surface area contributed by atoms with Crippen LogP contribution in [0.1, 0.15) is 25.4 Å². The van der Waals surface area contributed by atoms with E-state index in [0.29, 0.717) is 5.15 Å². The molecule has 0 aliphatic carbocycles. The minimum atomic E-state index is 0.544. The Morgan fingerprint density at radius 1 is 1.31 bits per heavy atom. The molecule has 0 saturated carbocycles. The first-order chi connectivity index (χ1) is 7.54. The van der Waals surface area contributed by atoms with E-state index >= 15 is 0 Å². The van der Waals surface area contributed by atoms with Crippen LogP contribution in [0.15, 0.2) is 6.07 Å². The van der Waals surface area contributed by atoms with Crippen molar-refractivity contribution in [3.63, 3.8) is 0 Å². The second-order valence-corrected chi connectivity index (χ2v) is 5.28. The van der Waals surface area contributed by atoms with E-state index in [4.69, 9.17) is 11.6 Å². The quantitative estimate of drug-likeness (QED) is 0.743. The molecule has 1 aromatic heterocycles. The second-order valence-electron chi connectivity index (χ2n) is 4.90. The lowest BCUT2D eigenvalue weighted by atomic mass is 10.0. The van der Waals surface area contributed by atoms with Crippen molar-refractivity contribution >= 4 is 11.6 Å². The van der Waals surface area contributed by atoms with Gasteiger partial charge in [0.1, 0.15) is 11.0 Å². The zero-order chi connectivity index (χ0) is 11.7. The Kier molecular flexibility index (Phi) is 3.45. The topological polar surface area (TPSA) is 29.0 Å². The normalized spacial score (nSPS) is 26.2. The molecule has 1 saturated heterocycles. The predicted octanol–water partition coefficient (Wildman–Crippen LogP) is 2.53. The fourth-order valence-electron chi connectivity index (χ4n) is 2.24. The van der Waals surface area contributed by atoms with Crippen LogP contribution in [0.2, 0.25) is 5.15 Å². The van der Waals surface area contributed by atoms with Crippen LogP contribution in [0, 0.1) is 18.8 Å². The summed E-state index contributed by atoms with van der Waals surface area (Å²) in [4.78, 5) is 11.1. The summed E-state index contributed by atoms with van der Waals surface area (Å²) in [7, 11) is 0. The van der Waals surface area contributed by atoms with Gasteiger partial charge in [-0.3, -0.25) is 4.90 Å². The Morgan fingerprint density at radius 2 is 1.94 bits per heavy atom. The maximum absolute atomic E-state index is 5.92. The van der Waals surface area contributed by atoms with E-state index in [1.54, 1.807) is 6.07 Å². The highest BCUT2D eigenvalue weighted by Crippen LogP contribution is 2.23. The molecule has 88 valence electrons. The van der Waals surface area contributed by atoms with Crippen LogP contribution < -0.4 is 0 Å².